The van der Waals surface area contributed by atoms with Gasteiger partial charge in [-0.2, -0.15) is 0 Å². The van der Waals surface area contributed by atoms with E-state index in [1.807, 2.05) is 30.3 Å². The highest BCUT2D eigenvalue weighted by molar-refractivity contribution is 5.31. The molecule has 0 aliphatic rings. The summed E-state index contributed by atoms with van der Waals surface area (Å²) in [5, 5.41) is 0. The van der Waals surface area contributed by atoms with Crippen LogP contribution < -0.4 is 15.2 Å². The smallest absolute Gasteiger partial charge is 0.119 e. The molecule has 0 aromatic heterocycles. The molecule has 0 fully saturated rings. The van der Waals surface area contributed by atoms with Crippen LogP contribution in [0.2, 0.25) is 0 Å². The van der Waals surface area contributed by atoms with Gasteiger partial charge in [-0.05, 0) is 55.2 Å². The van der Waals surface area contributed by atoms with E-state index in [4.69, 9.17) is 15.2 Å². The molecule has 0 spiro atoms. The van der Waals surface area contributed by atoms with Gasteiger partial charge in [-0.25, -0.2) is 0 Å². The maximum atomic E-state index is 6.47. The first-order valence-electron chi connectivity index (χ1n) is 7.07. The number of nitrogens with two attached hydrogens (primary N) is 1. The summed E-state index contributed by atoms with van der Waals surface area (Å²) in [7, 11) is 3.35. The molecule has 2 rings (SSSR count). The minimum Gasteiger partial charge on any atom is -0.497 e. The molecular weight excluding hydrogens is 262 g/mol. The molecule has 0 aliphatic carbocycles. The molecule has 2 aromatic rings. The molecule has 112 valence electrons. The van der Waals surface area contributed by atoms with Crippen molar-refractivity contribution < 1.29 is 9.47 Å². The third-order valence-electron chi connectivity index (χ3n) is 3.51. The van der Waals surface area contributed by atoms with Gasteiger partial charge in [0, 0.05) is 5.54 Å². The van der Waals surface area contributed by atoms with Gasteiger partial charge in [-0.3, -0.25) is 0 Å². The Morgan fingerprint density at radius 1 is 0.857 bits per heavy atom. The molecule has 3 heteroatoms. The molecule has 1 atom stereocenters. The molecule has 21 heavy (non-hydrogen) atoms. The Morgan fingerprint density at radius 3 is 2.10 bits per heavy atom. The summed E-state index contributed by atoms with van der Waals surface area (Å²) >= 11 is 0. The van der Waals surface area contributed by atoms with Gasteiger partial charge in [0.25, 0.3) is 0 Å². The van der Waals surface area contributed by atoms with Crippen molar-refractivity contribution in [2.24, 2.45) is 5.73 Å². The molecule has 0 bridgehead atoms. The molecule has 0 radical (unpaired) electrons. The summed E-state index contributed by atoms with van der Waals surface area (Å²) in [6.07, 6.45) is 1.62. The summed E-state index contributed by atoms with van der Waals surface area (Å²) in [4.78, 5) is 0. The van der Waals surface area contributed by atoms with Crippen molar-refractivity contribution in [1.82, 2.24) is 0 Å². The summed E-state index contributed by atoms with van der Waals surface area (Å²) < 4.78 is 10.4. The van der Waals surface area contributed by atoms with Crippen molar-refractivity contribution in [3.05, 3.63) is 59.7 Å². The molecule has 2 aromatic carbocycles. The lowest BCUT2D eigenvalue weighted by atomic mass is 9.87. The number of ether oxygens (including phenoxy) is 2. The van der Waals surface area contributed by atoms with Gasteiger partial charge in [0.1, 0.15) is 11.5 Å². The average molecular weight is 285 g/mol. The van der Waals surface area contributed by atoms with Crippen molar-refractivity contribution in [3.63, 3.8) is 0 Å². The van der Waals surface area contributed by atoms with E-state index in [1.54, 1.807) is 14.2 Å². The Bertz CT molecular complexity index is 576. The Balaban J connectivity index is 2.06. The highest BCUT2D eigenvalue weighted by atomic mass is 16.5. The number of benzene rings is 2. The van der Waals surface area contributed by atoms with E-state index in [0.29, 0.717) is 0 Å². The zero-order valence-electron chi connectivity index (χ0n) is 12.9. The lowest BCUT2D eigenvalue weighted by Gasteiger charge is -2.25. The lowest BCUT2D eigenvalue weighted by Crippen LogP contribution is -2.40. The monoisotopic (exact) mass is 285 g/mol. The van der Waals surface area contributed by atoms with E-state index >= 15 is 0 Å². The van der Waals surface area contributed by atoms with Gasteiger partial charge < -0.3 is 15.2 Å². The quantitative estimate of drug-likeness (QED) is 0.886. The molecule has 0 saturated heterocycles. The third kappa shape index (κ3) is 4.50. The van der Waals surface area contributed by atoms with Crippen LogP contribution in [0.5, 0.6) is 11.5 Å². The van der Waals surface area contributed by atoms with Crippen LogP contribution in [-0.4, -0.2) is 19.8 Å². The second kappa shape index (κ2) is 6.64. The largest absolute Gasteiger partial charge is 0.497 e. The summed E-state index contributed by atoms with van der Waals surface area (Å²) in [5.41, 5.74) is 8.57. The lowest BCUT2D eigenvalue weighted by molar-refractivity contribution is 0.411. The first-order chi connectivity index (χ1) is 10.0. The predicted octanol–water partition coefficient (Wildman–Crippen LogP) is 3.21. The van der Waals surface area contributed by atoms with Crippen LogP contribution in [0.3, 0.4) is 0 Å². The fourth-order valence-electron chi connectivity index (χ4n) is 2.52. The second-order valence-electron chi connectivity index (χ2n) is 5.71. The van der Waals surface area contributed by atoms with Gasteiger partial charge >= 0.3 is 0 Å². The normalized spacial score (nSPS) is 13.5. The number of hydrogen-bond acceptors (Lipinski definition) is 3. The fourth-order valence-corrected chi connectivity index (χ4v) is 2.52. The topological polar surface area (TPSA) is 44.5 Å². The Hall–Kier alpha value is -2.00. The molecule has 0 saturated carbocycles. The zero-order chi connectivity index (χ0) is 15.3. The van der Waals surface area contributed by atoms with Gasteiger partial charge in [-0.1, -0.05) is 24.3 Å². The highest BCUT2D eigenvalue weighted by Crippen LogP contribution is 2.21. The Labute approximate surface area is 126 Å². The van der Waals surface area contributed by atoms with Gasteiger partial charge in [0.15, 0.2) is 0 Å². The van der Waals surface area contributed by atoms with E-state index in [-0.39, 0.29) is 5.54 Å². The first-order valence-corrected chi connectivity index (χ1v) is 7.07. The molecule has 0 heterocycles. The second-order valence-corrected chi connectivity index (χ2v) is 5.71. The molecular formula is C18H23NO2. The maximum Gasteiger partial charge on any atom is 0.119 e. The zero-order valence-corrected chi connectivity index (χ0v) is 12.9. The van der Waals surface area contributed by atoms with Crippen LogP contribution in [0.4, 0.5) is 0 Å². The predicted molar refractivity (Wildman–Crippen MR) is 86.0 cm³/mol. The van der Waals surface area contributed by atoms with E-state index in [0.717, 1.165) is 24.3 Å². The Kier molecular flexibility index (Phi) is 4.86. The van der Waals surface area contributed by atoms with Crippen molar-refractivity contribution in [2.75, 3.05) is 14.2 Å². The van der Waals surface area contributed by atoms with Crippen LogP contribution in [0.25, 0.3) is 0 Å². The molecule has 0 aliphatic heterocycles. The fraction of sp³-hybridized carbons (Fsp3) is 0.333. The van der Waals surface area contributed by atoms with E-state index < -0.39 is 0 Å². The average Bonchev–Trinajstić information content (AvgIpc) is 2.47. The summed E-state index contributed by atoms with van der Waals surface area (Å²) in [5.74, 6) is 1.73. The van der Waals surface area contributed by atoms with Crippen LogP contribution in [0.15, 0.2) is 48.5 Å². The van der Waals surface area contributed by atoms with Gasteiger partial charge in [0.2, 0.25) is 0 Å². The van der Waals surface area contributed by atoms with Crippen molar-refractivity contribution in [3.8, 4) is 11.5 Å². The van der Waals surface area contributed by atoms with Crippen LogP contribution in [-0.2, 0) is 12.8 Å². The minimum atomic E-state index is -0.305. The maximum absolute atomic E-state index is 6.47. The summed E-state index contributed by atoms with van der Waals surface area (Å²) in [6.45, 7) is 2.08. The summed E-state index contributed by atoms with van der Waals surface area (Å²) in [6, 6.07) is 16.1. The van der Waals surface area contributed by atoms with Gasteiger partial charge in [0.05, 0.1) is 14.2 Å². The van der Waals surface area contributed by atoms with Crippen LogP contribution in [0, 0.1) is 0 Å². The van der Waals surface area contributed by atoms with Crippen molar-refractivity contribution >= 4 is 0 Å². The third-order valence-corrected chi connectivity index (χ3v) is 3.51. The van der Waals surface area contributed by atoms with Crippen LogP contribution >= 0.6 is 0 Å². The molecule has 2 N–H and O–H groups in total. The number of rotatable bonds is 6. The van der Waals surface area contributed by atoms with Gasteiger partial charge in [-0.15, -0.1) is 0 Å². The standard InChI is InChI=1S/C18H23NO2/c1-18(19,12-14-7-9-16(20-2)10-8-14)13-15-5-4-6-17(11-15)21-3/h4-11H,12-13,19H2,1-3H3. The van der Waals surface area contributed by atoms with Crippen molar-refractivity contribution in [2.45, 2.75) is 25.3 Å². The van der Waals surface area contributed by atoms with E-state index in [9.17, 15) is 0 Å². The minimum absolute atomic E-state index is 0.305. The van der Waals surface area contributed by atoms with E-state index in [2.05, 4.69) is 25.1 Å². The number of hydrogen-bond donors (Lipinski definition) is 1. The molecule has 3 nitrogen and oxygen atoms in total. The van der Waals surface area contributed by atoms with Crippen LogP contribution in [0.1, 0.15) is 18.1 Å². The Morgan fingerprint density at radius 2 is 1.48 bits per heavy atom. The molecule has 0 amide bonds. The molecule has 1 unspecified atom stereocenters. The number of methoxy groups -OCH3 is 2. The highest BCUT2D eigenvalue weighted by Gasteiger charge is 2.20. The SMILES string of the molecule is COc1ccc(CC(C)(N)Cc2cccc(OC)c2)cc1. The first kappa shape index (κ1) is 15.4. The van der Waals surface area contributed by atoms with Crippen molar-refractivity contribution in [1.29, 1.82) is 0 Å². The van der Waals surface area contributed by atoms with E-state index in [1.165, 1.54) is 11.1 Å².